The molecule has 2 aromatic rings. The predicted octanol–water partition coefficient (Wildman–Crippen LogP) is 2.81. The molecule has 0 atom stereocenters. The van der Waals surface area contributed by atoms with E-state index >= 15 is 0 Å². The van der Waals surface area contributed by atoms with Gasteiger partial charge in [-0.3, -0.25) is 4.72 Å². The number of halogens is 1. The monoisotopic (exact) mass is 309 g/mol. The molecule has 3 rings (SSSR count). The van der Waals surface area contributed by atoms with Crippen molar-refractivity contribution in [1.82, 2.24) is 9.97 Å². The van der Waals surface area contributed by atoms with Crippen LogP contribution >= 0.6 is 11.6 Å². The molecular formula is C13H12ClN3O2S. The van der Waals surface area contributed by atoms with Gasteiger partial charge in [-0.1, -0.05) is 17.7 Å². The van der Waals surface area contributed by atoms with Crippen LogP contribution in [0.15, 0.2) is 41.4 Å². The van der Waals surface area contributed by atoms with E-state index in [1.54, 1.807) is 12.1 Å². The van der Waals surface area contributed by atoms with E-state index in [4.69, 9.17) is 11.6 Å². The molecule has 0 spiro atoms. The van der Waals surface area contributed by atoms with Gasteiger partial charge in [-0.25, -0.2) is 18.4 Å². The number of nitrogens with one attached hydrogen (secondary N) is 1. The zero-order valence-corrected chi connectivity index (χ0v) is 12.0. The van der Waals surface area contributed by atoms with Crippen LogP contribution in [0.1, 0.15) is 24.5 Å². The molecule has 0 unspecified atom stereocenters. The van der Waals surface area contributed by atoms with Crippen LogP contribution in [0.4, 0.5) is 5.82 Å². The maximum Gasteiger partial charge on any atom is 0.264 e. The molecule has 2 aromatic heterocycles. The van der Waals surface area contributed by atoms with Crippen molar-refractivity contribution in [2.24, 2.45) is 0 Å². The smallest absolute Gasteiger partial charge is 0.263 e. The largest absolute Gasteiger partial charge is 0.264 e. The van der Waals surface area contributed by atoms with E-state index in [9.17, 15) is 8.42 Å². The molecule has 2 heterocycles. The molecule has 7 heteroatoms. The molecule has 0 aromatic carbocycles. The third-order valence-corrected chi connectivity index (χ3v) is 4.58. The van der Waals surface area contributed by atoms with E-state index in [0.29, 0.717) is 11.7 Å². The van der Waals surface area contributed by atoms with Crippen molar-refractivity contribution in [3.8, 4) is 0 Å². The summed E-state index contributed by atoms with van der Waals surface area (Å²) in [6.07, 6.45) is 3.45. The summed E-state index contributed by atoms with van der Waals surface area (Å²) in [4.78, 5) is 8.15. The van der Waals surface area contributed by atoms with Crippen LogP contribution in [0, 0.1) is 0 Å². The fourth-order valence-corrected chi connectivity index (χ4v) is 2.89. The number of hydrogen-bond acceptors (Lipinski definition) is 4. The summed E-state index contributed by atoms with van der Waals surface area (Å²) in [5.41, 5.74) is 0.930. The third kappa shape index (κ3) is 2.91. The van der Waals surface area contributed by atoms with Crippen molar-refractivity contribution in [3.63, 3.8) is 0 Å². The van der Waals surface area contributed by atoms with Crippen molar-refractivity contribution >= 4 is 27.4 Å². The minimum Gasteiger partial charge on any atom is -0.263 e. The van der Waals surface area contributed by atoms with Crippen LogP contribution in [0.25, 0.3) is 0 Å². The van der Waals surface area contributed by atoms with E-state index < -0.39 is 10.0 Å². The molecule has 5 nitrogen and oxygen atoms in total. The van der Waals surface area contributed by atoms with E-state index in [0.717, 1.165) is 18.5 Å². The van der Waals surface area contributed by atoms with Crippen LogP contribution in [0.2, 0.25) is 5.15 Å². The second kappa shape index (κ2) is 5.03. The Balaban J connectivity index is 1.85. The summed E-state index contributed by atoms with van der Waals surface area (Å²) in [6, 6.07) is 8.19. The first kappa shape index (κ1) is 13.3. The lowest BCUT2D eigenvalue weighted by molar-refractivity contribution is 0.600. The highest BCUT2D eigenvalue weighted by Crippen LogP contribution is 2.39. The normalized spacial score (nSPS) is 15.1. The summed E-state index contributed by atoms with van der Waals surface area (Å²) >= 11 is 5.65. The molecule has 1 N–H and O–H groups in total. The number of rotatable bonds is 4. The number of hydrogen-bond donors (Lipinski definition) is 1. The molecule has 0 saturated heterocycles. The summed E-state index contributed by atoms with van der Waals surface area (Å²) < 4.78 is 26.8. The van der Waals surface area contributed by atoms with Gasteiger partial charge < -0.3 is 0 Å². The van der Waals surface area contributed by atoms with Gasteiger partial charge in [-0.05, 0) is 37.1 Å². The lowest BCUT2D eigenvalue weighted by Gasteiger charge is -2.08. The highest BCUT2D eigenvalue weighted by molar-refractivity contribution is 7.92. The molecule has 1 aliphatic carbocycles. The minimum absolute atomic E-state index is 0.0560. The summed E-state index contributed by atoms with van der Waals surface area (Å²) in [6.45, 7) is 0. The number of aromatic nitrogens is 2. The average Bonchev–Trinajstić information content (AvgIpc) is 3.23. The van der Waals surface area contributed by atoms with Crippen molar-refractivity contribution < 1.29 is 8.42 Å². The zero-order chi connectivity index (χ0) is 14.2. The van der Waals surface area contributed by atoms with Gasteiger partial charge >= 0.3 is 0 Å². The van der Waals surface area contributed by atoms with Gasteiger partial charge in [0.2, 0.25) is 0 Å². The van der Waals surface area contributed by atoms with Gasteiger partial charge in [0.05, 0.1) is 0 Å². The molecule has 1 fully saturated rings. The Morgan fingerprint density at radius 2 is 2.00 bits per heavy atom. The Bertz CT molecular complexity index is 728. The maximum absolute atomic E-state index is 12.2. The average molecular weight is 310 g/mol. The van der Waals surface area contributed by atoms with Crippen LogP contribution in [0.5, 0.6) is 0 Å². The van der Waals surface area contributed by atoms with Gasteiger partial charge in [-0.2, -0.15) is 0 Å². The first-order valence-electron chi connectivity index (χ1n) is 6.16. The fraction of sp³-hybridized carbons (Fsp3) is 0.231. The van der Waals surface area contributed by atoms with Crippen LogP contribution < -0.4 is 4.72 Å². The molecular weight excluding hydrogens is 298 g/mol. The summed E-state index contributed by atoms with van der Waals surface area (Å²) in [7, 11) is -3.69. The van der Waals surface area contributed by atoms with E-state index in [-0.39, 0.29) is 10.0 Å². The topological polar surface area (TPSA) is 72.0 Å². The molecule has 0 radical (unpaired) electrons. The van der Waals surface area contributed by atoms with Gasteiger partial charge in [0.15, 0.2) is 0 Å². The highest BCUT2D eigenvalue weighted by atomic mass is 35.5. The van der Waals surface area contributed by atoms with Crippen LogP contribution in [-0.2, 0) is 10.0 Å². The van der Waals surface area contributed by atoms with Crippen molar-refractivity contribution in [2.45, 2.75) is 23.7 Å². The van der Waals surface area contributed by atoms with E-state index in [1.807, 2.05) is 6.07 Å². The summed E-state index contributed by atoms with van der Waals surface area (Å²) in [5, 5.41) is 0.248. The van der Waals surface area contributed by atoms with Gasteiger partial charge in [0, 0.05) is 17.8 Å². The quantitative estimate of drug-likeness (QED) is 0.882. The SMILES string of the molecule is O=S(=O)(Nc1cccc(C2CC2)n1)c1ccc(Cl)nc1. The molecule has 0 bridgehead atoms. The Hall–Kier alpha value is -1.66. The van der Waals surface area contributed by atoms with Gasteiger partial charge in [-0.15, -0.1) is 0 Å². The van der Waals surface area contributed by atoms with Crippen LogP contribution in [0.3, 0.4) is 0 Å². The van der Waals surface area contributed by atoms with Crippen molar-refractivity contribution in [1.29, 1.82) is 0 Å². The number of pyridine rings is 2. The lowest BCUT2D eigenvalue weighted by Crippen LogP contribution is -2.14. The number of anilines is 1. The highest BCUT2D eigenvalue weighted by Gasteiger charge is 2.25. The van der Waals surface area contributed by atoms with Gasteiger partial charge in [0.25, 0.3) is 10.0 Å². The molecule has 0 amide bonds. The molecule has 104 valence electrons. The molecule has 0 aliphatic heterocycles. The first-order chi connectivity index (χ1) is 9.54. The summed E-state index contributed by atoms with van der Waals surface area (Å²) in [5.74, 6) is 0.793. The zero-order valence-electron chi connectivity index (χ0n) is 10.5. The second-order valence-corrected chi connectivity index (χ2v) is 6.71. The molecule has 20 heavy (non-hydrogen) atoms. The standard InChI is InChI=1S/C13H12ClN3O2S/c14-12-7-6-10(8-15-12)20(18,19)17-13-3-1-2-11(16-13)9-4-5-9/h1-3,6-9H,4-5H2,(H,16,17). The second-order valence-electron chi connectivity index (χ2n) is 4.64. The van der Waals surface area contributed by atoms with E-state index in [2.05, 4.69) is 14.7 Å². The Morgan fingerprint density at radius 3 is 2.65 bits per heavy atom. The Kier molecular flexibility index (Phi) is 3.35. The predicted molar refractivity (Wildman–Crippen MR) is 76.3 cm³/mol. The minimum atomic E-state index is -3.69. The van der Waals surface area contributed by atoms with Crippen molar-refractivity contribution in [3.05, 3.63) is 47.4 Å². The Morgan fingerprint density at radius 1 is 1.20 bits per heavy atom. The Labute approximate surface area is 122 Å². The van der Waals surface area contributed by atoms with Gasteiger partial charge in [0.1, 0.15) is 15.9 Å². The molecule has 1 saturated carbocycles. The van der Waals surface area contributed by atoms with Crippen molar-refractivity contribution in [2.75, 3.05) is 4.72 Å². The lowest BCUT2D eigenvalue weighted by atomic mass is 10.2. The maximum atomic E-state index is 12.2. The number of sulfonamides is 1. The molecule has 1 aliphatic rings. The van der Waals surface area contributed by atoms with E-state index in [1.165, 1.54) is 18.3 Å². The third-order valence-electron chi connectivity index (χ3n) is 3.02. The number of nitrogens with zero attached hydrogens (tertiary/aromatic N) is 2. The first-order valence-corrected chi connectivity index (χ1v) is 8.02. The van der Waals surface area contributed by atoms with Crippen LogP contribution in [-0.4, -0.2) is 18.4 Å². The fourth-order valence-electron chi connectivity index (χ4n) is 1.83.